The van der Waals surface area contributed by atoms with E-state index in [0.717, 1.165) is 16.8 Å². The maximum atomic E-state index is 11.9. The zero-order chi connectivity index (χ0) is 16.8. The van der Waals surface area contributed by atoms with Crippen LogP contribution in [0.4, 0.5) is 5.69 Å². The Hall–Kier alpha value is -1.91. The van der Waals surface area contributed by atoms with Crippen molar-refractivity contribution in [2.45, 2.75) is 13.5 Å². The first kappa shape index (κ1) is 17.4. The Morgan fingerprint density at radius 2 is 1.87 bits per heavy atom. The summed E-state index contributed by atoms with van der Waals surface area (Å²) in [6.07, 6.45) is 0. The molecule has 0 radical (unpaired) electrons. The van der Waals surface area contributed by atoms with Crippen LogP contribution in [-0.2, 0) is 11.3 Å². The fraction of sp³-hybridized carbons (Fsp3) is 0.235. The number of carbonyl (C=O) groups is 1. The maximum absolute atomic E-state index is 11.9. The van der Waals surface area contributed by atoms with Gasteiger partial charge in [-0.3, -0.25) is 4.79 Å². The molecule has 2 aromatic carbocycles. The van der Waals surface area contributed by atoms with Crippen molar-refractivity contribution in [2.24, 2.45) is 0 Å². The number of amides is 1. The van der Waals surface area contributed by atoms with Crippen LogP contribution in [0, 0.1) is 6.92 Å². The molecule has 0 saturated carbocycles. The third-order valence-electron chi connectivity index (χ3n) is 3.32. The summed E-state index contributed by atoms with van der Waals surface area (Å²) in [7, 11) is 1.56. The molecule has 6 heteroatoms. The highest BCUT2D eigenvalue weighted by molar-refractivity contribution is 6.31. The van der Waals surface area contributed by atoms with Crippen LogP contribution >= 0.6 is 23.2 Å². The molecular weight excluding hydrogens is 335 g/mol. The molecule has 0 aliphatic rings. The van der Waals surface area contributed by atoms with Gasteiger partial charge in [-0.15, -0.1) is 0 Å². The normalized spacial score (nSPS) is 10.3. The van der Waals surface area contributed by atoms with Crippen LogP contribution in [0.5, 0.6) is 5.75 Å². The number of hydrogen-bond acceptors (Lipinski definition) is 3. The minimum atomic E-state index is -0.116. The summed E-state index contributed by atoms with van der Waals surface area (Å²) in [5.74, 6) is 0.487. The first-order valence-corrected chi connectivity index (χ1v) is 7.84. The van der Waals surface area contributed by atoms with Gasteiger partial charge in [0.05, 0.1) is 19.3 Å². The first-order chi connectivity index (χ1) is 11.0. The van der Waals surface area contributed by atoms with Crippen molar-refractivity contribution < 1.29 is 9.53 Å². The molecule has 0 aliphatic carbocycles. The number of nitrogens with one attached hydrogen (secondary N) is 2. The third kappa shape index (κ3) is 5.05. The van der Waals surface area contributed by atoms with Gasteiger partial charge in [-0.1, -0.05) is 35.3 Å². The number of benzene rings is 2. The molecular formula is C17H18Cl2N2O2. The zero-order valence-electron chi connectivity index (χ0n) is 13.0. The lowest BCUT2D eigenvalue weighted by atomic mass is 10.2. The van der Waals surface area contributed by atoms with Crippen LogP contribution in [0.2, 0.25) is 10.0 Å². The Labute approximate surface area is 145 Å². The van der Waals surface area contributed by atoms with Crippen molar-refractivity contribution in [3.63, 3.8) is 0 Å². The minimum absolute atomic E-state index is 0.116. The molecule has 0 unspecified atom stereocenters. The summed E-state index contributed by atoms with van der Waals surface area (Å²) >= 11 is 11.9. The smallest absolute Gasteiger partial charge is 0.239 e. The van der Waals surface area contributed by atoms with E-state index in [4.69, 9.17) is 27.9 Å². The predicted molar refractivity (Wildman–Crippen MR) is 94.5 cm³/mol. The standard InChI is InChI=1S/C17H18Cl2N2O2/c1-11-7-15(16(23-2)8-14(11)19)20-10-17(22)21-9-12-3-5-13(18)6-4-12/h3-8,20H,9-10H2,1-2H3,(H,21,22). The number of carbonyl (C=O) groups excluding carboxylic acids is 1. The second-order valence-corrected chi connectivity index (χ2v) is 5.90. The monoisotopic (exact) mass is 352 g/mol. The molecule has 0 aliphatic heterocycles. The van der Waals surface area contributed by atoms with Crippen LogP contribution in [0.25, 0.3) is 0 Å². The van der Waals surface area contributed by atoms with Crippen LogP contribution in [0.15, 0.2) is 36.4 Å². The maximum Gasteiger partial charge on any atom is 0.239 e. The highest BCUT2D eigenvalue weighted by Gasteiger charge is 2.08. The number of methoxy groups -OCH3 is 1. The topological polar surface area (TPSA) is 50.4 Å². The average molecular weight is 353 g/mol. The number of rotatable bonds is 6. The van der Waals surface area contributed by atoms with E-state index >= 15 is 0 Å². The highest BCUT2D eigenvalue weighted by Crippen LogP contribution is 2.30. The predicted octanol–water partition coefficient (Wildman–Crippen LogP) is 4.04. The lowest BCUT2D eigenvalue weighted by Crippen LogP contribution is -2.29. The summed E-state index contributed by atoms with van der Waals surface area (Å²) in [5.41, 5.74) is 2.63. The van der Waals surface area contributed by atoms with E-state index in [0.29, 0.717) is 22.3 Å². The summed E-state index contributed by atoms with van der Waals surface area (Å²) in [5, 5.41) is 7.20. The van der Waals surface area contributed by atoms with Crippen molar-refractivity contribution in [3.05, 3.63) is 57.6 Å². The molecule has 122 valence electrons. The van der Waals surface area contributed by atoms with Gasteiger partial charge < -0.3 is 15.4 Å². The van der Waals surface area contributed by atoms with Gasteiger partial charge in [0, 0.05) is 22.7 Å². The Morgan fingerprint density at radius 1 is 1.17 bits per heavy atom. The van der Waals surface area contributed by atoms with Gasteiger partial charge in [-0.05, 0) is 36.2 Å². The van der Waals surface area contributed by atoms with Gasteiger partial charge in [0.1, 0.15) is 5.75 Å². The molecule has 23 heavy (non-hydrogen) atoms. The van der Waals surface area contributed by atoms with Crippen molar-refractivity contribution >= 4 is 34.8 Å². The fourth-order valence-corrected chi connectivity index (χ4v) is 2.29. The SMILES string of the molecule is COc1cc(Cl)c(C)cc1NCC(=O)NCc1ccc(Cl)cc1. The van der Waals surface area contributed by atoms with Crippen molar-refractivity contribution in [1.82, 2.24) is 5.32 Å². The molecule has 2 N–H and O–H groups in total. The molecule has 2 rings (SSSR count). The molecule has 0 spiro atoms. The van der Waals surface area contributed by atoms with Crippen LogP contribution < -0.4 is 15.4 Å². The van der Waals surface area contributed by atoms with E-state index in [1.807, 2.05) is 25.1 Å². The molecule has 0 aromatic heterocycles. The van der Waals surface area contributed by atoms with Crippen molar-refractivity contribution in [2.75, 3.05) is 19.0 Å². The van der Waals surface area contributed by atoms with E-state index in [1.165, 1.54) is 0 Å². The molecule has 2 aromatic rings. The number of hydrogen-bond donors (Lipinski definition) is 2. The first-order valence-electron chi connectivity index (χ1n) is 7.08. The highest BCUT2D eigenvalue weighted by atomic mass is 35.5. The summed E-state index contributed by atoms with van der Waals surface area (Å²) < 4.78 is 5.26. The quantitative estimate of drug-likeness (QED) is 0.824. The lowest BCUT2D eigenvalue weighted by Gasteiger charge is -2.13. The van der Waals surface area contributed by atoms with Crippen LogP contribution in [-0.4, -0.2) is 19.6 Å². The molecule has 0 fully saturated rings. The Balaban J connectivity index is 1.89. The van der Waals surface area contributed by atoms with Gasteiger partial charge in [0.25, 0.3) is 0 Å². The zero-order valence-corrected chi connectivity index (χ0v) is 14.5. The average Bonchev–Trinajstić information content (AvgIpc) is 2.55. The Morgan fingerprint density at radius 3 is 2.52 bits per heavy atom. The third-order valence-corrected chi connectivity index (χ3v) is 3.98. The molecule has 0 heterocycles. The minimum Gasteiger partial charge on any atom is -0.495 e. The molecule has 1 amide bonds. The Kier molecular flexibility index (Phi) is 6.13. The van der Waals surface area contributed by atoms with Crippen LogP contribution in [0.3, 0.4) is 0 Å². The molecule has 4 nitrogen and oxygen atoms in total. The fourth-order valence-electron chi connectivity index (χ4n) is 2.01. The van der Waals surface area contributed by atoms with Gasteiger partial charge >= 0.3 is 0 Å². The number of ether oxygens (including phenoxy) is 1. The van der Waals surface area contributed by atoms with Gasteiger partial charge in [-0.2, -0.15) is 0 Å². The Bertz CT molecular complexity index is 688. The second kappa shape index (κ2) is 8.09. The second-order valence-electron chi connectivity index (χ2n) is 5.06. The van der Waals surface area contributed by atoms with Crippen molar-refractivity contribution in [1.29, 1.82) is 0 Å². The van der Waals surface area contributed by atoms with E-state index in [9.17, 15) is 4.79 Å². The van der Waals surface area contributed by atoms with Gasteiger partial charge in [0.2, 0.25) is 5.91 Å². The van der Waals surface area contributed by atoms with Crippen molar-refractivity contribution in [3.8, 4) is 5.75 Å². The van der Waals surface area contributed by atoms with Crippen LogP contribution in [0.1, 0.15) is 11.1 Å². The van der Waals surface area contributed by atoms with E-state index in [1.54, 1.807) is 25.3 Å². The van der Waals surface area contributed by atoms with E-state index in [2.05, 4.69) is 10.6 Å². The number of halogens is 2. The summed E-state index contributed by atoms with van der Waals surface area (Å²) in [4.78, 5) is 11.9. The summed E-state index contributed by atoms with van der Waals surface area (Å²) in [6, 6.07) is 10.9. The largest absolute Gasteiger partial charge is 0.495 e. The molecule has 0 atom stereocenters. The summed E-state index contributed by atoms with van der Waals surface area (Å²) in [6.45, 7) is 2.49. The lowest BCUT2D eigenvalue weighted by molar-refractivity contribution is -0.119. The van der Waals surface area contributed by atoms with E-state index < -0.39 is 0 Å². The molecule has 0 saturated heterocycles. The van der Waals surface area contributed by atoms with Gasteiger partial charge in [0.15, 0.2) is 0 Å². The van der Waals surface area contributed by atoms with E-state index in [-0.39, 0.29) is 12.5 Å². The number of anilines is 1. The number of aryl methyl sites for hydroxylation is 1. The van der Waals surface area contributed by atoms with Gasteiger partial charge in [-0.25, -0.2) is 0 Å². The molecule has 0 bridgehead atoms.